The Morgan fingerprint density at radius 3 is 1.49 bits per heavy atom. The van der Waals surface area contributed by atoms with Crippen LogP contribution in [0.1, 0.15) is 41.2 Å². The van der Waals surface area contributed by atoms with Gasteiger partial charge in [-0.2, -0.15) is 13.2 Å². The van der Waals surface area contributed by atoms with E-state index in [1.807, 2.05) is 6.92 Å². The van der Waals surface area contributed by atoms with Crippen LogP contribution in [0.15, 0.2) is 86.2 Å². The maximum atomic E-state index is 15.1. The molecule has 358 valence electrons. The summed E-state index contributed by atoms with van der Waals surface area (Å²) in [7, 11) is 0. The molecule has 2 N–H and O–H groups in total. The van der Waals surface area contributed by atoms with Gasteiger partial charge in [0, 0.05) is 86.0 Å². The van der Waals surface area contributed by atoms with E-state index in [2.05, 4.69) is 63.2 Å². The molecule has 3 heterocycles. The van der Waals surface area contributed by atoms with E-state index in [0.717, 1.165) is 38.3 Å². The zero-order chi connectivity index (χ0) is 48.6. The molecule has 67 heavy (non-hydrogen) atoms. The minimum atomic E-state index is -4.82. The number of carbonyl (C=O) groups is 3. The fourth-order valence-electron chi connectivity index (χ4n) is 7.27. The summed E-state index contributed by atoms with van der Waals surface area (Å²) in [5.41, 5.74) is 6.62. The largest absolute Gasteiger partial charge is 0.470 e. The number of alkyl halides is 3. The van der Waals surface area contributed by atoms with Crippen LogP contribution in [0.3, 0.4) is 0 Å². The maximum Gasteiger partial charge on any atom is 0.470 e. The van der Waals surface area contributed by atoms with Crippen LogP contribution in [0.2, 0.25) is 0 Å². The average Bonchev–Trinajstić information content (AvgIpc) is 3.84. The fourth-order valence-corrected chi connectivity index (χ4v) is 8.00. The quantitative estimate of drug-likeness (QED) is 0.102. The van der Waals surface area contributed by atoms with E-state index < -0.39 is 41.2 Å². The Balaban J connectivity index is 0.000000224. The van der Waals surface area contributed by atoms with Crippen LogP contribution in [0.4, 0.5) is 51.7 Å². The summed E-state index contributed by atoms with van der Waals surface area (Å²) in [4.78, 5) is 49.1. The first-order valence-electron chi connectivity index (χ1n) is 21.1. The summed E-state index contributed by atoms with van der Waals surface area (Å²) in [6.07, 6.45) is -4.82. The van der Waals surface area contributed by atoms with Gasteiger partial charge in [-0.3, -0.25) is 14.6 Å². The van der Waals surface area contributed by atoms with Gasteiger partial charge in [-0.25, -0.2) is 27.2 Å². The highest BCUT2D eigenvalue weighted by Gasteiger charge is 2.38. The Bertz CT molecular complexity index is 2550. The molecule has 4 aromatic carbocycles. The fraction of sp³-hybridized carbons (Fsp3) is 0.356. The van der Waals surface area contributed by atoms with Gasteiger partial charge < -0.3 is 29.8 Å². The van der Waals surface area contributed by atoms with Crippen LogP contribution in [0.5, 0.6) is 0 Å². The van der Waals surface area contributed by atoms with Crippen LogP contribution in [0.25, 0.3) is 11.5 Å². The van der Waals surface area contributed by atoms with Crippen LogP contribution in [0, 0.1) is 23.3 Å². The predicted octanol–water partition coefficient (Wildman–Crippen LogP) is 9.19. The molecule has 0 unspecified atom stereocenters. The summed E-state index contributed by atoms with van der Waals surface area (Å²) in [5.74, 6) is -4.75. The van der Waals surface area contributed by atoms with Crippen molar-refractivity contribution in [3.05, 3.63) is 128 Å². The normalized spacial score (nSPS) is 14.7. The molecule has 0 bridgehead atoms. The number of Topliss-reactive ketones (excluding diaryl/α,β-unsaturated/α-hetero) is 1. The van der Waals surface area contributed by atoms with E-state index in [1.165, 1.54) is 70.5 Å². The van der Waals surface area contributed by atoms with E-state index in [9.17, 15) is 40.7 Å². The number of aromatic nitrogens is 2. The van der Waals surface area contributed by atoms with Crippen molar-refractivity contribution in [1.82, 2.24) is 29.8 Å². The topological polar surface area (TPSA) is 136 Å². The van der Waals surface area contributed by atoms with Crippen molar-refractivity contribution in [2.24, 2.45) is 5.73 Å². The molecular weight excluding hydrogens is 1020 g/mol. The molecule has 2 saturated heterocycles. The summed E-state index contributed by atoms with van der Waals surface area (Å²) >= 11 is 6.27. The number of rotatable bonds is 11. The lowest BCUT2D eigenvalue weighted by molar-refractivity contribution is -0.156. The Morgan fingerprint density at radius 1 is 0.642 bits per heavy atom. The number of ketones is 1. The van der Waals surface area contributed by atoms with Gasteiger partial charge in [0.1, 0.15) is 23.3 Å². The average molecular weight is 1070 g/mol. The van der Waals surface area contributed by atoms with Crippen molar-refractivity contribution < 1.29 is 49.5 Å². The minimum Gasteiger partial charge on any atom is -0.413 e. The zero-order valence-corrected chi connectivity index (χ0v) is 39.5. The Labute approximate surface area is 398 Å². The van der Waals surface area contributed by atoms with Gasteiger partial charge in [0.05, 0.1) is 28.6 Å². The number of benzene rings is 4. The number of hydrogen-bond donors (Lipinski definition) is 1. The summed E-state index contributed by atoms with van der Waals surface area (Å²) in [6.45, 7) is 10.4. The summed E-state index contributed by atoms with van der Waals surface area (Å²) in [5, 5.41) is 6.28. The Morgan fingerprint density at radius 2 is 1.10 bits per heavy atom. The number of hydrogen-bond acceptors (Lipinski definition) is 9. The lowest BCUT2D eigenvalue weighted by atomic mass is 10.1. The number of urea groups is 2. The number of likely N-dealkylation sites (N-methyl/N-ethyl adjacent to an activating group) is 2. The Kier molecular flexibility index (Phi) is 17.2. The van der Waals surface area contributed by atoms with Gasteiger partial charge in [0.15, 0.2) is 5.78 Å². The lowest BCUT2D eigenvalue weighted by Crippen LogP contribution is -2.52. The summed E-state index contributed by atoms with van der Waals surface area (Å²) < 4.78 is 101. The second kappa shape index (κ2) is 22.6. The highest BCUT2D eigenvalue weighted by Crippen LogP contribution is 2.32. The van der Waals surface area contributed by atoms with E-state index in [0.29, 0.717) is 50.6 Å². The van der Waals surface area contributed by atoms with Crippen molar-refractivity contribution in [2.45, 2.75) is 33.1 Å². The SMILES string of the molecule is CCN1CCN(C(=O)N(Cc2ccc(-c3nnc(C(F)(F)F)o3)cc2F)c2ccc(F)c(Br)c2)CC1.CCN1CCN(C(=O)N(Cc2ccc(C(=O)CN)cc2F)c2ccc(F)c(Br)c2)CC1. The van der Waals surface area contributed by atoms with Gasteiger partial charge in [0.25, 0.3) is 0 Å². The third kappa shape index (κ3) is 12.8. The second-order valence-corrected chi connectivity index (χ2v) is 17.1. The molecule has 0 spiro atoms. The molecule has 5 aromatic rings. The molecule has 0 aliphatic carbocycles. The van der Waals surface area contributed by atoms with Crippen LogP contribution < -0.4 is 15.5 Å². The molecule has 22 heteroatoms. The number of piperazine rings is 2. The van der Waals surface area contributed by atoms with Crippen LogP contribution >= 0.6 is 31.9 Å². The number of anilines is 2. The molecular formula is C45H46Br2F7N9O4. The molecule has 4 amide bonds. The highest BCUT2D eigenvalue weighted by atomic mass is 79.9. The van der Waals surface area contributed by atoms with Crippen LogP contribution in [-0.4, -0.2) is 120 Å². The number of carbonyl (C=O) groups excluding carboxylic acids is 3. The van der Waals surface area contributed by atoms with Crippen molar-refractivity contribution in [3.63, 3.8) is 0 Å². The molecule has 1 aromatic heterocycles. The number of nitrogens with two attached hydrogens (primary N) is 1. The first-order chi connectivity index (χ1) is 31.9. The molecule has 0 saturated carbocycles. The second-order valence-electron chi connectivity index (χ2n) is 15.4. The van der Waals surface area contributed by atoms with Crippen molar-refractivity contribution in [2.75, 3.05) is 81.8 Å². The molecule has 2 aliphatic heterocycles. The number of halogens is 9. The molecule has 2 fully saturated rings. The Hall–Kier alpha value is -5.42. The van der Waals surface area contributed by atoms with Gasteiger partial charge >= 0.3 is 24.1 Å². The molecule has 13 nitrogen and oxygen atoms in total. The highest BCUT2D eigenvalue weighted by molar-refractivity contribution is 9.10. The monoisotopic (exact) mass is 1070 g/mol. The minimum absolute atomic E-state index is 0.0441. The summed E-state index contributed by atoms with van der Waals surface area (Å²) in [6, 6.07) is 15.4. The van der Waals surface area contributed by atoms with Gasteiger partial charge in [0.2, 0.25) is 5.89 Å². The lowest BCUT2D eigenvalue weighted by Gasteiger charge is -2.37. The first-order valence-corrected chi connectivity index (χ1v) is 22.7. The van der Waals surface area contributed by atoms with E-state index in [4.69, 9.17) is 5.73 Å². The van der Waals surface area contributed by atoms with Crippen molar-refractivity contribution >= 4 is 61.1 Å². The molecule has 7 rings (SSSR count). The first kappa shape index (κ1) is 51.0. The smallest absolute Gasteiger partial charge is 0.413 e. The standard InChI is InChI=1S/C23H21BrF5N5O2.C22H25BrF2N4O2/c1-2-32-7-9-33(10-8-32)22(35)34(16-5-6-18(25)17(24)12-16)13-15-4-3-14(11-19(15)26)20-30-31-21(36-20)23(27,28)29;1-2-27-7-9-28(10-8-27)22(31)29(17-5-6-19(24)18(23)12-17)14-16-4-3-15(11-20(16)25)21(30)13-26/h3-6,11-12H,2,7-10,13H2,1H3;3-6,11-12H,2,7-10,13-14,26H2,1H3. The molecule has 0 radical (unpaired) electrons. The number of amides is 4. The van der Waals surface area contributed by atoms with Gasteiger partial charge in [-0.05, 0) is 99.5 Å². The van der Waals surface area contributed by atoms with E-state index >= 15 is 4.39 Å². The van der Waals surface area contributed by atoms with Gasteiger partial charge in [-0.1, -0.05) is 32.0 Å². The number of nitrogens with zero attached hydrogens (tertiary/aromatic N) is 8. The van der Waals surface area contributed by atoms with Crippen molar-refractivity contribution in [1.29, 1.82) is 0 Å². The van der Waals surface area contributed by atoms with E-state index in [-0.39, 0.29) is 68.7 Å². The van der Waals surface area contributed by atoms with Crippen LogP contribution in [-0.2, 0) is 19.3 Å². The van der Waals surface area contributed by atoms with Crippen molar-refractivity contribution in [3.8, 4) is 11.5 Å². The van der Waals surface area contributed by atoms with E-state index in [1.54, 1.807) is 9.80 Å². The van der Waals surface area contributed by atoms with Gasteiger partial charge in [-0.15, -0.1) is 10.2 Å². The predicted molar refractivity (Wildman–Crippen MR) is 243 cm³/mol. The molecule has 0 atom stereocenters. The zero-order valence-electron chi connectivity index (χ0n) is 36.3. The maximum absolute atomic E-state index is 15.1. The third-order valence-electron chi connectivity index (χ3n) is 11.3. The third-order valence-corrected chi connectivity index (χ3v) is 12.5. The molecule has 2 aliphatic rings.